The lowest BCUT2D eigenvalue weighted by Crippen LogP contribution is -1.94. The van der Waals surface area contributed by atoms with Crippen molar-refractivity contribution >= 4 is 16.8 Å². The first-order valence-corrected chi connectivity index (χ1v) is 5.19. The van der Waals surface area contributed by atoms with Gasteiger partial charge in [0, 0.05) is 5.56 Å². The van der Waals surface area contributed by atoms with E-state index in [0.29, 0.717) is 5.04 Å². The monoisotopic (exact) mass is 195 g/mol. The Labute approximate surface area is 82.8 Å². The largest absolute Gasteiger partial charge is 0.496 e. The molecule has 0 fully saturated rings. The SMILES string of the molecule is COc1ccc(C(=N)SC)cc1C. The minimum Gasteiger partial charge on any atom is -0.496 e. The van der Waals surface area contributed by atoms with E-state index < -0.39 is 0 Å². The second-order valence-electron chi connectivity index (χ2n) is 2.72. The molecule has 1 rings (SSSR count). The maximum atomic E-state index is 7.62. The predicted octanol–water partition coefficient (Wildman–Crippen LogP) is 2.69. The molecular weight excluding hydrogens is 182 g/mol. The lowest BCUT2D eigenvalue weighted by atomic mass is 10.1. The van der Waals surface area contributed by atoms with E-state index in [9.17, 15) is 0 Å². The molecule has 0 aliphatic carbocycles. The predicted molar refractivity (Wildman–Crippen MR) is 58.1 cm³/mol. The Bertz CT molecular complexity index is 323. The Hall–Kier alpha value is -0.960. The number of nitrogens with one attached hydrogen (secondary N) is 1. The average molecular weight is 195 g/mol. The molecule has 1 aromatic carbocycles. The summed E-state index contributed by atoms with van der Waals surface area (Å²) in [5, 5.41) is 8.21. The molecule has 2 nitrogen and oxygen atoms in total. The van der Waals surface area contributed by atoms with Gasteiger partial charge in [0.05, 0.1) is 12.2 Å². The summed E-state index contributed by atoms with van der Waals surface area (Å²) >= 11 is 1.44. The average Bonchev–Trinajstić information content (AvgIpc) is 2.16. The third-order valence-electron chi connectivity index (χ3n) is 1.86. The van der Waals surface area contributed by atoms with Crippen LogP contribution in [-0.4, -0.2) is 18.4 Å². The normalized spacial score (nSPS) is 9.77. The topological polar surface area (TPSA) is 33.1 Å². The number of benzene rings is 1. The summed E-state index contributed by atoms with van der Waals surface area (Å²) in [6.07, 6.45) is 1.90. The van der Waals surface area contributed by atoms with Crippen molar-refractivity contribution in [1.29, 1.82) is 5.41 Å². The molecule has 3 heteroatoms. The van der Waals surface area contributed by atoms with Crippen LogP contribution in [0.15, 0.2) is 18.2 Å². The minimum absolute atomic E-state index is 0.589. The van der Waals surface area contributed by atoms with E-state index in [0.717, 1.165) is 16.9 Å². The molecule has 0 amide bonds. The molecule has 0 aliphatic rings. The zero-order chi connectivity index (χ0) is 9.84. The molecule has 0 aliphatic heterocycles. The van der Waals surface area contributed by atoms with Crippen LogP contribution >= 0.6 is 11.8 Å². The fourth-order valence-corrected chi connectivity index (χ4v) is 1.50. The first kappa shape index (κ1) is 10.1. The van der Waals surface area contributed by atoms with Crippen molar-refractivity contribution in [2.75, 3.05) is 13.4 Å². The highest BCUT2D eigenvalue weighted by Gasteiger charge is 2.02. The van der Waals surface area contributed by atoms with Gasteiger partial charge in [0.2, 0.25) is 0 Å². The molecule has 1 aromatic rings. The smallest absolute Gasteiger partial charge is 0.121 e. The lowest BCUT2D eigenvalue weighted by molar-refractivity contribution is 0.411. The van der Waals surface area contributed by atoms with Gasteiger partial charge in [0.1, 0.15) is 5.75 Å². The maximum Gasteiger partial charge on any atom is 0.121 e. The van der Waals surface area contributed by atoms with E-state index in [1.54, 1.807) is 7.11 Å². The van der Waals surface area contributed by atoms with E-state index >= 15 is 0 Å². The van der Waals surface area contributed by atoms with Crippen LogP contribution in [0.2, 0.25) is 0 Å². The lowest BCUT2D eigenvalue weighted by Gasteiger charge is -2.06. The molecule has 0 radical (unpaired) electrons. The van der Waals surface area contributed by atoms with Gasteiger partial charge < -0.3 is 4.74 Å². The van der Waals surface area contributed by atoms with Crippen LogP contribution in [0.25, 0.3) is 0 Å². The minimum atomic E-state index is 0.589. The van der Waals surface area contributed by atoms with Crippen molar-refractivity contribution < 1.29 is 4.74 Å². The van der Waals surface area contributed by atoms with Crippen LogP contribution in [0.1, 0.15) is 11.1 Å². The van der Waals surface area contributed by atoms with Gasteiger partial charge in [-0.25, -0.2) is 0 Å². The van der Waals surface area contributed by atoms with Gasteiger partial charge in [-0.2, -0.15) is 0 Å². The number of aryl methyl sites for hydroxylation is 1. The summed E-state index contributed by atoms with van der Waals surface area (Å²) in [4.78, 5) is 0. The van der Waals surface area contributed by atoms with E-state index in [1.807, 2.05) is 31.4 Å². The summed E-state index contributed by atoms with van der Waals surface area (Å²) in [7, 11) is 1.65. The van der Waals surface area contributed by atoms with Crippen LogP contribution in [0.4, 0.5) is 0 Å². The highest BCUT2D eigenvalue weighted by atomic mass is 32.2. The first-order chi connectivity index (χ1) is 6.19. The van der Waals surface area contributed by atoms with Crippen molar-refractivity contribution in [3.05, 3.63) is 29.3 Å². The molecule has 0 atom stereocenters. The quantitative estimate of drug-likeness (QED) is 0.581. The van der Waals surface area contributed by atoms with E-state index in [4.69, 9.17) is 10.1 Å². The molecule has 70 valence electrons. The van der Waals surface area contributed by atoms with Crippen LogP contribution < -0.4 is 4.74 Å². The number of thioether (sulfide) groups is 1. The van der Waals surface area contributed by atoms with Gasteiger partial charge in [0.15, 0.2) is 0 Å². The fourth-order valence-electron chi connectivity index (χ4n) is 1.14. The number of methoxy groups -OCH3 is 1. The molecule has 0 aromatic heterocycles. The van der Waals surface area contributed by atoms with Crippen molar-refractivity contribution in [3.8, 4) is 5.75 Å². The second-order valence-corrected chi connectivity index (χ2v) is 3.53. The van der Waals surface area contributed by atoms with E-state index in [1.165, 1.54) is 11.8 Å². The number of rotatable bonds is 2. The van der Waals surface area contributed by atoms with Crippen molar-refractivity contribution in [2.45, 2.75) is 6.92 Å². The second kappa shape index (κ2) is 4.33. The highest BCUT2D eigenvalue weighted by molar-refractivity contribution is 8.13. The molecule has 1 N–H and O–H groups in total. The summed E-state index contributed by atoms with van der Waals surface area (Å²) in [5.41, 5.74) is 2.02. The van der Waals surface area contributed by atoms with Gasteiger partial charge in [0.25, 0.3) is 0 Å². The number of hydrogen-bond acceptors (Lipinski definition) is 3. The maximum absolute atomic E-state index is 7.62. The Morgan fingerprint density at radius 2 is 2.15 bits per heavy atom. The first-order valence-electron chi connectivity index (χ1n) is 3.96. The summed E-state index contributed by atoms with van der Waals surface area (Å²) < 4.78 is 5.14. The van der Waals surface area contributed by atoms with Crippen LogP contribution in [0, 0.1) is 12.3 Å². The summed E-state index contributed by atoms with van der Waals surface area (Å²) in [5.74, 6) is 0.873. The van der Waals surface area contributed by atoms with Gasteiger partial charge in [-0.05, 0) is 36.9 Å². The van der Waals surface area contributed by atoms with E-state index in [2.05, 4.69) is 0 Å². The molecule has 0 heterocycles. The Morgan fingerprint density at radius 3 is 2.62 bits per heavy atom. The van der Waals surface area contributed by atoms with Crippen LogP contribution in [-0.2, 0) is 0 Å². The number of ether oxygens (including phenoxy) is 1. The summed E-state index contributed by atoms with van der Waals surface area (Å²) in [6.45, 7) is 1.98. The molecular formula is C10H13NOS. The molecule has 0 saturated carbocycles. The Balaban J connectivity index is 3.02. The highest BCUT2D eigenvalue weighted by Crippen LogP contribution is 2.20. The van der Waals surface area contributed by atoms with Crippen LogP contribution in [0.5, 0.6) is 5.75 Å². The van der Waals surface area contributed by atoms with Crippen molar-refractivity contribution in [1.82, 2.24) is 0 Å². The Morgan fingerprint density at radius 1 is 1.46 bits per heavy atom. The molecule has 0 unspecified atom stereocenters. The summed E-state index contributed by atoms with van der Waals surface area (Å²) in [6, 6.07) is 5.78. The number of hydrogen-bond donors (Lipinski definition) is 1. The zero-order valence-electron chi connectivity index (χ0n) is 8.05. The molecule has 0 saturated heterocycles. The standard InChI is InChI=1S/C10H13NOS/c1-7-6-8(10(11)13-3)4-5-9(7)12-2/h4-6,11H,1-3H3. The third-order valence-corrected chi connectivity index (χ3v) is 2.51. The van der Waals surface area contributed by atoms with Gasteiger partial charge in [-0.15, -0.1) is 11.8 Å². The van der Waals surface area contributed by atoms with Crippen molar-refractivity contribution in [3.63, 3.8) is 0 Å². The van der Waals surface area contributed by atoms with Gasteiger partial charge in [-0.1, -0.05) is 0 Å². The fraction of sp³-hybridized carbons (Fsp3) is 0.300. The van der Waals surface area contributed by atoms with Crippen molar-refractivity contribution in [2.24, 2.45) is 0 Å². The Kier molecular flexibility index (Phi) is 3.37. The van der Waals surface area contributed by atoms with Gasteiger partial charge in [-0.3, -0.25) is 5.41 Å². The molecule has 13 heavy (non-hydrogen) atoms. The van der Waals surface area contributed by atoms with E-state index in [-0.39, 0.29) is 0 Å². The van der Waals surface area contributed by atoms with Gasteiger partial charge >= 0.3 is 0 Å². The molecule has 0 spiro atoms. The zero-order valence-corrected chi connectivity index (χ0v) is 8.87. The third kappa shape index (κ3) is 2.25. The van der Waals surface area contributed by atoms with Crippen LogP contribution in [0.3, 0.4) is 0 Å². The molecule has 0 bridgehead atoms.